The second-order valence-corrected chi connectivity index (χ2v) is 7.53. The number of rotatable bonds is 7. The van der Waals surface area contributed by atoms with Gasteiger partial charge in [-0.05, 0) is 63.1 Å². The summed E-state index contributed by atoms with van der Waals surface area (Å²) in [5.41, 5.74) is 4.66. The minimum absolute atomic E-state index is 0.128. The summed E-state index contributed by atoms with van der Waals surface area (Å²) in [5.74, 6) is 0.509. The maximum absolute atomic E-state index is 12.7. The van der Waals surface area contributed by atoms with Crippen LogP contribution >= 0.6 is 11.6 Å². The molecule has 1 unspecified atom stereocenters. The first-order chi connectivity index (χ1) is 13.9. The molecule has 0 aliphatic heterocycles. The zero-order chi connectivity index (χ0) is 21.0. The molecule has 2 aromatic carbocycles. The lowest BCUT2D eigenvalue weighted by atomic mass is 10.1. The van der Waals surface area contributed by atoms with E-state index in [1.165, 1.54) is 0 Å². The number of carbonyl (C=O) groups is 1. The van der Waals surface area contributed by atoms with Crippen molar-refractivity contribution in [2.24, 2.45) is 0 Å². The van der Waals surface area contributed by atoms with Crippen LogP contribution in [0, 0.1) is 13.8 Å². The number of aromatic nitrogens is 2. The number of nitrogens with one attached hydrogen (secondary N) is 1. The molecule has 0 bridgehead atoms. The lowest BCUT2D eigenvalue weighted by Crippen LogP contribution is -2.27. The molecule has 5 nitrogen and oxygen atoms in total. The average Bonchev–Trinajstić information content (AvgIpc) is 3.09. The second-order valence-electron chi connectivity index (χ2n) is 7.12. The van der Waals surface area contributed by atoms with Crippen LogP contribution in [0.1, 0.15) is 52.6 Å². The Kier molecular flexibility index (Phi) is 6.60. The third kappa shape index (κ3) is 4.98. The Balaban J connectivity index is 1.67. The van der Waals surface area contributed by atoms with Crippen molar-refractivity contribution in [1.82, 2.24) is 15.1 Å². The highest BCUT2D eigenvalue weighted by atomic mass is 35.5. The molecule has 1 aromatic heterocycles. The van der Waals surface area contributed by atoms with E-state index in [0.717, 1.165) is 28.9 Å². The van der Waals surface area contributed by atoms with Crippen LogP contribution in [0.25, 0.3) is 0 Å². The predicted molar refractivity (Wildman–Crippen MR) is 115 cm³/mol. The van der Waals surface area contributed by atoms with Crippen molar-refractivity contribution in [3.05, 3.63) is 81.6 Å². The van der Waals surface area contributed by atoms with E-state index in [0.29, 0.717) is 22.9 Å². The van der Waals surface area contributed by atoms with Crippen molar-refractivity contribution in [2.75, 3.05) is 0 Å². The van der Waals surface area contributed by atoms with E-state index in [2.05, 4.69) is 10.4 Å². The quantitative estimate of drug-likeness (QED) is 0.578. The van der Waals surface area contributed by atoms with Gasteiger partial charge >= 0.3 is 0 Å². The summed E-state index contributed by atoms with van der Waals surface area (Å²) in [6.07, 6.45) is 1.82. The molecule has 6 heteroatoms. The Bertz CT molecular complexity index is 1010. The number of amides is 1. The molecule has 0 aliphatic rings. The number of benzene rings is 2. The fourth-order valence-electron chi connectivity index (χ4n) is 3.25. The van der Waals surface area contributed by atoms with Crippen LogP contribution in [0.3, 0.4) is 0 Å². The fraction of sp³-hybridized carbons (Fsp3) is 0.304. The number of ether oxygens (including phenoxy) is 1. The predicted octanol–water partition coefficient (Wildman–Crippen LogP) is 5.24. The van der Waals surface area contributed by atoms with Gasteiger partial charge in [0.25, 0.3) is 5.91 Å². The Hall–Kier alpha value is -2.79. The van der Waals surface area contributed by atoms with E-state index in [1.807, 2.05) is 75.0 Å². The van der Waals surface area contributed by atoms with Gasteiger partial charge < -0.3 is 10.1 Å². The highest BCUT2D eigenvalue weighted by molar-refractivity contribution is 6.32. The second kappa shape index (κ2) is 9.14. The third-order valence-corrected chi connectivity index (χ3v) is 5.24. The highest BCUT2D eigenvalue weighted by Gasteiger charge is 2.16. The summed E-state index contributed by atoms with van der Waals surface area (Å²) in [6, 6.07) is 13.0. The summed E-state index contributed by atoms with van der Waals surface area (Å²) in [7, 11) is 0. The molecule has 3 aromatic rings. The van der Waals surface area contributed by atoms with E-state index in [4.69, 9.17) is 16.3 Å². The SMILES string of the molecule is CCn1ncc(C(C)NC(=O)c2cccc(COc3cc(C)ccc3Cl)c2)c1C. The molecule has 1 atom stereocenters. The van der Waals surface area contributed by atoms with Crippen molar-refractivity contribution in [3.8, 4) is 5.75 Å². The van der Waals surface area contributed by atoms with E-state index in [9.17, 15) is 4.79 Å². The smallest absolute Gasteiger partial charge is 0.251 e. The van der Waals surface area contributed by atoms with Gasteiger partial charge in [0.1, 0.15) is 12.4 Å². The topological polar surface area (TPSA) is 56.2 Å². The maximum Gasteiger partial charge on any atom is 0.251 e. The Morgan fingerprint density at radius 3 is 2.76 bits per heavy atom. The van der Waals surface area contributed by atoms with Gasteiger partial charge in [0, 0.05) is 23.4 Å². The molecule has 1 N–H and O–H groups in total. The van der Waals surface area contributed by atoms with E-state index in [1.54, 1.807) is 6.07 Å². The molecule has 0 spiro atoms. The highest BCUT2D eigenvalue weighted by Crippen LogP contribution is 2.26. The van der Waals surface area contributed by atoms with Crippen molar-refractivity contribution < 1.29 is 9.53 Å². The van der Waals surface area contributed by atoms with Gasteiger partial charge in [0.15, 0.2) is 0 Å². The zero-order valence-electron chi connectivity index (χ0n) is 17.2. The summed E-state index contributed by atoms with van der Waals surface area (Å²) in [6.45, 7) is 9.16. The van der Waals surface area contributed by atoms with Crippen LogP contribution in [0.4, 0.5) is 0 Å². The van der Waals surface area contributed by atoms with E-state index >= 15 is 0 Å². The number of hydrogen-bond acceptors (Lipinski definition) is 3. The summed E-state index contributed by atoms with van der Waals surface area (Å²) >= 11 is 6.19. The van der Waals surface area contributed by atoms with Gasteiger partial charge in [-0.15, -0.1) is 0 Å². The minimum atomic E-state index is -0.131. The summed E-state index contributed by atoms with van der Waals surface area (Å²) in [5, 5.41) is 7.98. The average molecular weight is 412 g/mol. The zero-order valence-corrected chi connectivity index (χ0v) is 18.0. The van der Waals surface area contributed by atoms with Gasteiger partial charge in [-0.1, -0.05) is 29.8 Å². The van der Waals surface area contributed by atoms with Gasteiger partial charge in [-0.25, -0.2) is 0 Å². The number of nitrogens with zero attached hydrogens (tertiary/aromatic N) is 2. The molecule has 0 saturated heterocycles. The van der Waals surface area contributed by atoms with Gasteiger partial charge in [0.2, 0.25) is 0 Å². The Morgan fingerprint density at radius 1 is 1.24 bits per heavy atom. The van der Waals surface area contributed by atoms with Crippen LogP contribution in [0.15, 0.2) is 48.7 Å². The molecule has 0 aliphatic carbocycles. The van der Waals surface area contributed by atoms with Crippen LogP contribution in [0.5, 0.6) is 5.75 Å². The van der Waals surface area contributed by atoms with Crippen molar-refractivity contribution in [1.29, 1.82) is 0 Å². The molecular formula is C23H26ClN3O2. The minimum Gasteiger partial charge on any atom is -0.487 e. The van der Waals surface area contributed by atoms with E-state index in [-0.39, 0.29) is 11.9 Å². The van der Waals surface area contributed by atoms with Crippen molar-refractivity contribution in [3.63, 3.8) is 0 Å². The van der Waals surface area contributed by atoms with Crippen LogP contribution in [-0.2, 0) is 13.2 Å². The lowest BCUT2D eigenvalue weighted by molar-refractivity contribution is 0.0939. The molecule has 0 radical (unpaired) electrons. The largest absolute Gasteiger partial charge is 0.487 e. The molecule has 29 heavy (non-hydrogen) atoms. The first-order valence-electron chi connectivity index (χ1n) is 9.70. The number of aryl methyl sites for hydroxylation is 2. The summed E-state index contributed by atoms with van der Waals surface area (Å²) in [4.78, 5) is 12.7. The normalized spacial score (nSPS) is 11.9. The molecule has 0 saturated carbocycles. The summed E-state index contributed by atoms with van der Waals surface area (Å²) < 4.78 is 7.77. The number of hydrogen-bond donors (Lipinski definition) is 1. The number of halogens is 1. The third-order valence-electron chi connectivity index (χ3n) is 4.93. The van der Waals surface area contributed by atoms with Crippen LogP contribution in [0.2, 0.25) is 5.02 Å². The number of carbonyl (C=O) groups excluding carboxylic acids is 1. The lowest BCUT2D eigenvalue weighted by Gasteiger charge is -2.15. The van der Waals surface area contributed by atoms with Gasteiger partial charge in [-0.2, -0.15) is 5.10 Å². The van der Waals surface area contributed by atoms with Gasteiger partial charge in [0.05, 0.1) is 17.3 Å². The Labute approximate surface area is 176 Å². The van der Waals surface area contributed by atoms with Crippen LogP contribution < -0.4 is 10.1 Å². The molecule has 3 rings (SSSR count). The molecule has 0 fully saturated rings. The molecule has 152 valence electrons. The molecular weight excluding hydrogens is 386 g/mol. The first-order valence-corrected chi connectivity index (χ1v) is 10.1. The first kappa shape index (κ1) is 20.9. The van der Waals surface area contributed by atoms with Gasteiger partial charge in [-0.3, -0.25) is 9.48 Å². The molecule has 1 heterocycles. The fourth-order valence-corrected chi connectivity index (χ4v) is 3.42. The monoisotopic (exact) mass is 411 g/mol. The maximum atomic E-state index is 12.7. The Morgan fingerprint density at radius 2 is 2.03 bits per heavy atom. The van der Waals surface area contributed by atoms with Crippen LogP contribution in [-0.4, -0.2) is 15.7 Å². The molecule has 1 amide bonds. The van der Waals surface area contributed by atoms with Crippen molar-refractivity contribution in [2.45, 2.75) is 46.9 Å². The van der Waals surface area contributed by atoms with E-state index < -0.39 is 0 Å². The van der Waals surface area contributed by atoms with Crippen molar-refractivity contribution >= 4 is 17.5 Å². The standard InChI is InChI=1S/C23H26ClN3O2/c1-5-27-17(4)20(13-25-27)16(3)26-23(28)19-8-6-7-18(12-19)14-29-22-11-15(2)9-10-21(22)24/h6-13,16H,5,14H2,1-4H3,(H,26,28).